The molecule has 0 aliphatic heterocycles. The smallest absolute Gasteiger partial charge is 0.250 e. The summed E-state index contributed by atoms with van der Waals surface area (Å²) in [7, 11) is -3.43. The Labute approximate surface area is 144 Å². The van der Waals surface area contributed by atoms with Crippen LogP contribution in [0.3, 0.4) is 0 Å². The average molecular weight is 353 g/mol. The van der Waals surface area contributed by atoms with Crippen LogP contribution in [-0.4, -0.2) is 35.9 Å². The summed E-state index contributed by atoms with van der Waals surface area (Å²) >= 11 is 0. The molecule has 1 aromatic rings. The Bertz CT molecular complexity index is 744. The highest BCUT2D eigenvalue weighted by molar-refractivity contribution is 7.92. The molecule has 1 heterocycles. The zero-order valence-electron chi connectivity index (χ0n) is 14.9. The number of aryl methyl sites for hydroxylation is 1. The molecule has 5 nitrogen and oxygen atoms in total. The summed E-state index contributed by atoms with van der Waals surface area (Å²) < 4.78 is 25.9. The van der Waals surface area contributed by atoms with Crippen LogP contribution in [0.4, 0.5) is 0 Å². The first-order valence-electron chi connectivity index (χ1n) is 8.84. The van der Waals surface area contributed by atoms with Crippen LogP contribution in [-0.2, 0) is 9.84 Å². The van der Waals surface area contributed by atoms with Crippen molar-refractivity contribution in [2.75, 3.05) is 5.75 Å². The fourth-order valence-corrected chi connectivity index (χ4v) is 4.43. The summed E-state index contributed by atoms with van der Waals surface area (Å²) in [4.78, 5) is 17.5. The minimum atomic E-state index is -3.43. The summed E-state index contributed by atoms with van der Waals surface area (Å²) in [6.45, 7) is 5.23. The predicted molar refractivity (Wildman–Crippen MR) is 95.8 cm³/mol. The number of aromatic nitrogens is 1. The molecule has 0 amide bonds. The van der Waals surface area contributed by atoms with Crippen LogP contribution in [0.15, 0.2) is 23.3 Å². The second-order valence-electron chi connectivity index (χ2n) is 6.70. The Balaban J connectivity index is 2.39. The van der Waals surface area contributed by atoms with Crippen LogP contribution in [0.5, 0.6) is 0 Å². The van der Waals surface area contributed by atoms with E-state index in [2.05, 4.69) is 0 Å². The van der Waals surface area contributed by atoms with Crippen LogP contribution < -0.4 is 5.49 Å². The normalized spacial score (nSPS) is 18.5. The van der Waals surface area contributed by atoms with E-state index in [9.17, 15) is 13.2 Å². The maximum absolute atomic E-state index is 12.8. The highest BCUT2D eigenvalue weighted by atomic mass is 32.2. The highest BCUT2D eigenvalue weighted by Gasteiger charge is 2.28. The quantitative estimate of drug-likeness (QED) is 0.818. The molecule has 1 atom stereocenters. The van der Waals surface area contributed by atoms with Gasteiger partial charge in [0, 0.05) is 6.20 Å². The van der Waals surface area contributed by atoms with E-state index in [1.165, 1.54) is 17.9 Å². The third kappa shape index (κ3) is 4.56. The van der Waals surface area contributed by atoms with Gasteiger partial charge < -0.3 is 0 Å². The van der Waals surface area contributed by atoms with Gasteiger partial charge in [0.15, 0.2) is 9.84 Å². The second kappa shape index (κ2) is 8.10. The second-order valence-corrected chi connectivity index (χ2v) is 9.14. The minimum Gasteiger partial charge on any atom is -0.273 e. The average Bonchev–Trinajstić information content (AvgIpc) is 2.54. The van der Waals surface area contributed by atoms with Crippen molar-refractivity contribution >= 4 is 15.7 Å². The molecule has 1 aromatic heterocycles. The fourth-order valence-electron chi connectivity index (χ4n) is 3.08. The van der Waals surface area contributed by atoms with Gasteiger partial charge in [-0.2, -0.15) is 0 Å². The molecule has 134 valence electrons. The molecule has 0 spiro atoms. The summed E-state index contributed by atoms with van der Waals surface area (Å²) in [5.41, 5.74) is 1.59. The monoisotopic (exact) mass is 352 g/mol. The van der Waals surface area contributed by atoms with Crippen LogP contribution in [0, 0.1) is 6.92 Å². The third-order valence-electron chi connectivity index (χ3n) is 4.59. The molecular weight excluding hydrogens is 324 g/mol. The molecule has 0 N–H and O–H groups in total. The van der Waals surface area contributed by atoms with E-state index in [1.807, 2.05) is 19.1 Å². The van der Waals surface area contributed by atoms with Crippen LogP contribution in [0.25, 0.3) is 0 Å². The zero-order valence-corrected chi connectivity index (χ0v) is 15.7. The topological polar surface area (TPSA) is 68.5 Å². The van der Waals surface area contributed by atoms with E-state index in [4.69, 9.17) is 4.99 Å². The van der Waals surface area contributed by atoms with Crippen molar-refractivity contribution in [2.24, 2.45) is 4.99 Å². The highest BCUT2D eigenvalue weighted by Crippen LogP contribution is 2.19. The van der Waals surface area contributed by atoms with Crippen LogP contribution in [0.2, 0.25) is 0 Å². The van der Waals surface area contributed by atoms with Crippen LogP contribution >= 0.6 is 0 Å². The first-order valence-corrected chi connectivity index (χ1v) is 10.6. The summed E-state index contributed by atoms with van der Waals surface area (Å²) in [6.07, 6.45) is 7.79. The molecule has 1 aliphatic rings. The van der Waals surface area contributed by atoms with Gasteiger partial charge in [-0.05, 0) is 50.8 Å². The zero-order chi connectivity index (χ0) is 17.7. The van der Waals surface area contributed by atoms with E-state index in [0.717, 1.165) is 31.2 Å². The first-order chi connectivity index (χ1) is 11.3. The van der Waals surface area contributed by atoms with Gasteiger partial charge in [-0.3, -0.25) is 14.4 Å². The van der Waals surface area contributed by atoms with Crippen molar-refractivity contribution in [3.63, 3.8) is 0 Å². The molecule has 0 bridgehead atoms. The Morgan fingerprint density at radius 3 is 2.62 bits per heavy atom. The van der Waals surface area contributed by atoms with E-state index in [1.54, 1.807) is 13.1 Å². The molecule has 1 saturated carbocycles. The molecule has 1 aliphatic carbocycles. The predicted octanol–water partition coefficient (Wildman–Crippen LogP) is 2.88. The Morgan fingerprint density at radius 1 is 1.33 bits per heavy atom. The van der Waals surface area contributed by atoms with E-state index in [0.29, 0.717) is 11.9 Å². The lowest BCUT2D eigenvalue weighted by molar-refractivity contribution is 0.0906. The van der Waals surface area contributed by atoms with Crippen molar-refractivity contribution in [2.45, 2.75) is 70.6 Å². The maximum atomic E-state index is 12.8. The molecular formula is C18H28N2O3S. The Morgan fingerprint density at radius 2 is 2.00 bits per heavy atom. The molecule has 24 heavy (non-hydrogen) atoms. The SMILES string of the molecule is CCCS(=O)(=O)C(C)C(=O)n1ccc(C)cc1=NC1CCCCC1. The number of nitrogens with zero attached hydrogens (tertiary/aromatic N) is 2. The van der Waals surface area contributed by atoms with Gasteiger partial charge in [0.05, 0.1) is 11.8 Å². The molecule has 1 unspecified atom stereocenters. The number of hydrogen-bond acceptors (Lipinski definition) is 4. The summed E-state index contributed by atoms with van der Waals surface area (Å²) in [5.74, 6) is -0.389. The van der Waals surface area contributed by atoms with Crippen molar-refractivity contribution < 1.29 is 13.2 Å². The lowest BCUT2D eigenvalue weighted by atomic mass is 9.96. The van der Waals surface area contributed by atoms with Crippen molar-refractivity contribution in [1.82, 2.24) is 4.57 Å². The molecule has 2 rings (SSSR count). The minimum absolute atomic E-state index is 0.0292. The number of carbonyl (C=O) groups is 1. The van der Waals surface area contributed by atoms with Gasteiger partial charge >= 0.3 is 0 Å². The van der Waals surface area contributed by atoms with Gasteiger partial charge in [0.25, 0.3) is 0 Å². The number of carbonyl (C=O) groups excluding carboxylic acids is 1. The van der Waals surface area contributed by atoms with Gasteiger partial charge in [0.1, 0.15) is 10.7 Å². The van der Waals surface area contributed by atoms with Crippen molar-refractivity contribution in [3.8, 4) is 0 Å². The first kappa shape index (κ1) is 18.9. The molecule has 0 aromatic carbocycles. The standard InChI is InChI=1S/C18H28N2O3S/c1-4-12-24(22,23)15(3)18(21)20-11-10-14(2)13-17(20)19-16-8-6-5-7-9-16/h10-11,13,15-16H,4-9,12H2,1-3H3. The van der Waals surface area contributed by atoms with Gasteiger partial charge in [-0.15, -0.1) is 0 Å². The van der Waals surface area contributed by atoms with Crippen LogP contribution in [0.1, 0.15) is 62.7 Å². The Kier molecular flexibility index (Phi) is 6.38. The van der Waals surface area contributed by atoms with Gasteiger partial charge in [0.2, 0.25) is 5.91 Å². The largest absolute Gasteiger partial charge is 0.273 e. The molecule has 1 fully saturated rings. The molecule has 6 heteroatoms. The van der Waals surface area contributed by atoms with E-state index >= 15 is 0 Å². The number of sulfone groups is 1. The maximum Gasteiger partial charge on any atom is 0.250 e. The fraction of sp³-hybridized carbons (Fsp3) is 0.667. The van der Waals surface area contributed by atoms with Crippen molar-refractivity contribution in [1.29, 1.82) is 0 Å². The summed E-state index contributed by atoms with van der Waals surface area (Å²) in [5, 5.41) is -1.05. The summed E-state index contributed by atoms with van der Waals surface area (Å²) in [6, 6.07) is 3.91. The van der Waals surface area contributed by atoms with Gasteiger partial charge in [-0.25, -0.2) is 8.42 Å². The number of hydrogen-bond donors (Lipinski definition) is 0. The molecule has 0 radical (unpaired) electrons. The van der Waals surface area contributed by atoms with Gasteiger partial charge in [-0.1, -0.05) is 26.2 Å². The van der Waals surface area contributed by atoms with E-state index in [-0.39, 0.29) is 11.8 Å². The lowest BCUT2D eigenvalue weighted by Crippen LogP contribution is -2.39. The lowest BCUT2D eigenvalue weighted by Gasteiger charge is -2.19. The molecule has 0 saturated heterocycles. The number of rotatable bonds is 5. The van der Waals surface area contributed by atoms with E-state index < -0.39 is 21.0 Å². The third-order valence-corrected chi connectivity index (χ3v) is 6.85. The van der Waals surface area contributed by atoms with Crippen molar-refractivity contribution in [3.05, 3.63) is 29.4 Å². The Hall–Kier alpha value is -1.43. The number of pyridine rings is 1.